The highest BCUT2D eigenvalue weighted by Crippen LogP contribution is 2.33. The average molecular weight is 416 g/mol. The molecule has 0 aliphatic carbocycles. The molecule has 0 unspecified atom stereocenters. The SMILES string of the molecule is CCCNC(=O)c1ccc(NC(=O)c2c(-c3c(F)cccc3Cl)noc2C)cc1. The summed E-state index contributed by atoms with van der Waals surface area (Å²) in [6, 6.07) is 10.6. The Morgan fingerprint density at radius 1 is 1.14 bits per heavy atom. The largest absolute Gasteiger partial charge is 0.360 e. The number of nitrogens with zero attached hydrogens (tertiary/aromatic N) is 1. The van der Waals surface area contributed by atoms with Crippen LogP contribution in [0.3, 0.4) is 0 Å². The molecule has 0 saturated heterocycles. The summed E-state index contributed by atoms with van der Waals surface area (Å²) in [4.78, 5) is 24.8. The number of aryl methyl sites for hydroxylation is 1. The molecule has 2 aromatic carbocycles. The van der Waals surface area contributed by atoms with Crippen molar-refractivity contribution in [2.75, 3.05) is 11.9 Å². The first-order valence-corrected chi connectivity index (χ1v) is 9.40. The van der Waals surface area contributed by atoms with E-state index < -0.39 is 11.7 Å². The van der Waals surface area contributed by atoms with Gasteiger partial charge in [-0.05, 0) is 49.7 Å². The summed E-state index contributed by atoms with van der Waals surface area (Å²) in [5.74, 6) is -1.09. The van der Waals surface area contributed by atoms with Gasteiger partial charge in [-0.3, -0.25) is 9.59 Å². The van der Waals surface area contributed by atoms with Crippen molar-refractivity contribution in [2.24, 2.45) is 0 Å². The van der Waals surface area contributed by atoms with Crippen molar-refractivity contribution in [3.8, 4) is 11.3 Å². The smallest absolute Gasteiger partial charge is 0.261 e. The van der Waals surface area contributed by atoms with Gasteiger partial charge >= 0.3 is 0 Å². The second-order valence-corrected chi connectivity index (χ2v) is 6.75. The van der Waals surface area contributed by atoms with E-state index in [1.54, 1.807) is 31.2 Å². The van der Waals surface area contributed by atoms with Gasteiger partial charge in [0.15, 0.2) is 0 Å². The van der Waals surface area contributed by atoms with E-state index >= 15 is 0 Å². The number of benzene rings is 2. The molecule has 0 atom stereocenters. The van der Waals surface area contributed by atoms with Crippen LogP contribution in [-0.2, 0) is 0 Å². The second-order valence-electron chi connectivity index (χ2n) is 6.35. The van der Waals surface area contributed by atoms with Crippen LogP contribution in [0, 0.1) is 12.7 Å². The van der Waals surface area contributed by atoms with E-state index in [9.17, 15) is 14.0 Å². The van der Waals surface area contributed by atoms with Crippen LogP contribution in [-0.4, -0.2) is 23.5 Å². The monoisotopic (exact) mass is 415 g/mol. The fourth-order valence-corrected chi connectivity index (χ4v) is 3.03. The molecule has 3 aromatic rings. The van der Waals surface area contributed by atoms with Crippen molar-refractivity contribution in [1.29, 1.82) is 0 Å². The number of rotatable bonds is 6. The zero-order chi connectivity index (χ0) is 21.0. The van der Waals surface area contributed by atoms with Gasteiger partial charge in [0.05, 0.1) is 10.6 Å². The maximum absolute atomic E-state index is 14.3. The summed E-state index contributed by atoms with van der Waals surface area (Å²) in [6.45, 7) is 4.11. The number of nitrogens with one attached hydrogen (secondary N) is 2. The fraction of sp³-hybridized carbons (Fsp3) is 0.190. The molecule has 3 rings (SSSR count). The molecule has 1 aromatic heterocycles. The maximum Gasteiger partial charge on any atom is 0.261 e. The van der Waals surface area contributed by atoms with Crippen LogP contribution in [0.5, 0.6) is 0 Å². The molecule has 150 valence electrons. The Morgan fingerprint density at radius 2 is 1.86 bits per heavy atom. The Balaban J connectivity index is 1.84. The third-order valence-electron chi connectivity index (χ3n) is 4.23. The van der Waals surface area contributed by atoms with Crippen molar-refractivity contribution >= 4 is 29.1 Å². The van der Waals surface area contributed by atoms with Crippen LogP contribution < -0.4 is 10.6 Å². The number of anilines is 1. The van der Waals surface area contributed by atoms with Crippen LogP contribution >= 0.6 is 11.6 Å². The van der Waals surface area contributed by atoms with E-state index in [0.29, 0.717) is 17.8 Å². The van der Waals surface area contributed by atoms with Crippen molar-refractivity contribution in [3.63, 3.8) is 0 Å². The normalized spacial score (nSPS) is 10.6. The van der Waals surface area contributed by atoms with Crippen LogP contribution in [0.1, 0.15) is 39.8 Å². The Morgan fingerprint density at radius 3 is 2.52 bits per heavy atom. The summed E-state index contributed by atoms with van der Waals surface area (Å²) < 4.78 is 19.4. The van der Waals surface area contributed by atoms with Crippen molar-refractivity contribution < 1.29 is 18.5 Å². The maximum atomic E-state index is 14.3. The minimum atomic E-state index is -0.609. The van der Waals surface area contributed by atoms with Gasteiger partial charge in [0, 0.05) is 17.8 Å². The van der Waals surface area contributed by atoms with E-state index in [4.69, 9.17) is 16.1 Å². The summed E-state index contributed by atoms with van der Waals surface area (Å²) in [5, 5.41) is 9.43. The first-order chi connectivity index (χ1) is 13.9. The molecule has 2 N–H and O–H groups in total. The molecular formula is C21H19ClFN3O3. The number of carbonyl (C=O) groups is 2. The fourth-order valence-electron chi connectivity index (χ4n) is 2.77. The number of carbonyl (C=O) groups excluding carboxylic acids is 2. The quantitative estimate of drug-likeness (QED) is 0.603. The molecule has 0 aliphatic rings. The lowest BCUT2D eigenvalue weighted by molar-refractivity contribution is 0.0953. The molecule has 0 bridgehead atoms. The topological polar surface area (TPSA) is 84.2 Å². The zero-order valence-corrected chi connectivity index (χ0v) is 16.6. The van der Waals surface area contributed by atoms with Gasteiger partial charge < -0.3 is 15.2 Å². The molecule has 0 saturated carbocycles. The standard InChI is InChI=1S/C21H19ClFN3O3/c1-3-11-24-20(27)13-7-9-14(10-8-13)25-21(28)17-12(2)29-26-19(17)18-15(22)5-4-6-16(18)23/h4-10H,3,11H2,1-2H3,(H,24,27)(H,25,28). The van der Waals surface area contributed by atoms with Gasteiger partial charge in [-0.2, -0.15) is 0 Å². The number of aromatic nitrogens is 1. The van der Waals surface area contributed by atoms with E-state index in [0.717, 1.165) is 6.42 Å². The highest BCUT2D eigenvalue weighted by Gasteiger charge is 2.25. The van der Waals surface area contributed by atoms with Gasteiger partial charge in [-0.15, -0.1) is 0 Å². The molecule has 0 fully saturated rings. The predicted molar refractivity (Wildman–Crippen MR) is 109 cm³/mol. The summed E-state index contributed by atoms with van der Waals surface area (Å²) in [5.41, 5.74) is 1.06. The third kappa shape index (κ3) is 4.46. The van der Waals surface area contributed by atoms with E-state index in [1.807, 2.05) is 6.92 Å². The van der Waals surface area contributed by atoms with Crippen molar-refractivity contribution in [3.05, 3.63) is 70.2 Å². The van der Waals surface area contributed by atoms with Crippen LogP contribution in [0.4, 0.5) is 10.1 Å². The lowest BCUT2D eigenvalue weighted by atomic mass is 10.0. The molecule has 0 aliphatic heterocycles. The highest BCUT2D eigenvalue weighted by molar-refractivity contribution is 6.33. The van der Waals surface area contributed by atoms with Gasteiger partial charge in [-0.25, -0.2) is 4.39 Å². The molecule has 6 nitrogen and oxygen atoms in total. The highest BCUT2D eigenvalue weighted by atomic mass is 35.5. The molecule has 8 heteroatoms. The molecule has 2 amide bonds. The minimum Gasteiger partial charge on any atom is -0.360 e. The molecule has 0 spiro atoms. The summed E-state index contributed by atoms with van der Waals surface area (Å²) in [7, 11) is 0. The summed E-state index contributed by atoms with van der Waals surface area (Å²) in [6.07, 6.45) is 0.840. The molecule has 0 radical (unpaired) electrons. The molecule has 29 heavy (non-hydrogen) atoms. The minimum absolute atomic E-state index is 0.000824. The lowest BCUT2D eigenvalue weighted by Gasteiger charge is -2.08. The second kappa shape index (κ2) is 8.87. The van der Waals surface area contributed by atoms with Gasteiger partial charge in [0.2, 0.25) is 0 Å². The van der Waals surface area contributed by atoms with Crippen molar-refractivity contribution in [2.45, 2.75) is 20.3 Å². The van der Waals surface area contributed by atoms with Crippen LogP contribution in [0.2, 0.25) is 5.02 Å². The first kappa shape index (κ1) is 20.5. The third-order valence-corrected chi connectivity index (χ3v) is 4.54. The lowest BCUT2D eigenvalue weighted by Crippen LogP contribution is -2.23. The van der Waals surface area contributed by atoms with Gasteiger partial charge in [0.1, 0.15) is 22.8 Å². The van der Waals surface area contributed by atoms with Crippen LogP contribution in [0.25, 0.3) is 11.3 Å². The number of amides is 2. The molecule has 1 heterocycles. The Hall–Kier alpha value is -3.19. The Labute approximate surface area is 172 Å². The first-order valence-electron chi connectivity index (χ1n) is 9.02. The van der Waals surface area contributed by atoms with E-state index in [-0.39, 0.29) is 33.5 Å². The average Bonchev–Trinajstić information content (AvgIpc) is 3.07. The number of hydrogen-bond acceptors (Lipinski definition) is 4. The zero-order valence-electron chi connectivity index (χ0n) is 15.9. The van der Waals surface area contributed by atoms with Gasteiger partial charge in [-0.1, -0.05) is 29.7 Å². The Kier molecular flexibility index (Phi) is 6.29. The number of halogens is 2. The van der Waals surface area contributed by atoms with Crippen molar-refractivity contribution in [1.82, 2.24) is 10.5 Å². The summed E-state index contributed by atoms with van der Waals surface area (Å²) >= 11 is 6.10. The number of hydrogen-bond donors (Lipinski definition) is 2. The van der Waals surface area contributed by atoms with E-state index in [1.165, 1.54) is 18.2 Å². The Bertz CT molecular complexity index is 1030. The predicted octanol–water partition coefficient (Wildman–Crippen LogP) is 4.83. The van der Waals surface area contributed by atoms with Crippen LogP contribution in [0.15, 0.2) is 47.0 Å². The van der Waals surface area contributed by atoms with E-state index in [2.05, 4.69) is 15.8 Å². The van der Waals surface area contributed by atoms with Gasteiger partial charge in [0.25, 0.3) is 11.8 Å². The molecular weight excluding hydrogens is 397 g/mol.